The first-order valence-electron chi connectivity index (χ1n) is 7.34. The van der Waals surface area contributed by atoms with Crippen molar-refractivity contribution in [3.8, 4) is 0 Å². The number of anilines is 1. The van der Waals surface area contributed by atoms with Gasteiger partial charge in [-0.15, -0.1) is 0 Å². The summed E-state index contributed by atoms with van der Waals surface area (Å²) in [6, 6.07) is 1.96. The van der Waals surface area contributed by atoms with Crippen LogP contribution in [-0.4, -0.2) is 35.3 Å². The van der Waals surface area contributed by atoms with Crippen LogP contribution < -0.4 is 5.32 Å². The van der Waals surface area contributed by atoms with Crippen LogP contribution >= 0.6 is 0 Å². The maximum atomic E-state index is 11.4. The van der Waals surface area contributed by atoms with E-state index in [0.717, 1.165) is 56.4 Å². The third-order valence-electron chi connectivity index (χ3n) is 4.03. The summed E-state index contributed by atoms with van der Waals surface area (Å²) in [6.07, 6.45) is 6.15. The van der Waals surface area contributed by atoms with Crippen molar-refractivity contribution in [1.29, 1.82) is 0 Å². The minimum absolute atomic E-state index is 0.163. The molecule has 2 N–H and O–H groups in total. The molecule has 0 amide bonds. The summed E-state index contributed by atoms with van der Waals surface area (Å²) >= 11 is 0. The first-order chi connectivity index (χ1) is 9.74. The second-order valence-electron chi connectivity index (χ2n) is 5.56. The maximum absolute atomic E-state index is 11.4. The number of carboxylic acid groups (broad SMARTS) is 1. The van der Waals surface area contributed by atoms with Crippen molar-refractivity contribution >= 4 is 11.8 Å². The summed E-state index contributed by atoms with van der Waals surface area (Å²) in [5.41, 5.74) is 2.44. The fraction of sp³-hybridized carbons (Fsp3) is 0.600. The number of nitrogens with zero attached hydrogens (tertiary/aromatic N) is 1. The molecule has 1 aliphatic heterocycles. The van der Waals surface area contributed by atoms with E-state index >= 15 is 0 Å². The minimum Gasteiger partial charge on any atom is -0.478 e. The van der Waals surface area contributed by atoms with Gasteiger partial charge in [0, 0.05) is 12.3 Å². The molecule has 0 aromatic carbocycles. The number of hydrogen-bond donors (Lipinski definition) is 2. The average Bonchev–Trinajstić information content (AvgIpc) is 2.47. The second kappa shape index (κ2) is 5.79. The summed E-state index contributed by atoms with van der Waals surface area (Å²) in [6.45, 7) is 1.42. The third-order valence-corrected chi connectivity index (χ3v) is 4.03. The van der Waals surface area contributed by atoms with Crippen LogP contribution in [0.15, 0.2) is 6.07 Å². The van der Waals surface area contributed by atoms with Gasteiger partial charge in [0.05, 0.1) is 12.6 Å². The van der Waals surface area contributed by atoms with Gasteiger partial charge >= 0.3 is 5.97 Å². The van der Waals surface area contributed by atoms with E-state index in [1.54, 1.807) is 6.07 Å². The lowest BCUT2D eigenvalue weighted by Crippen LogP contribution is -2.31. The van der Waals surface area contributed by atoms with Crippen molar-refractivity contribution in [3.05, 3.63) is 22.9 Å². The number of pyridine rings is 1. The minimum atomic E-state index is -0.912. The molecule has 5 heteroatoms. The van der Waals surface area contributed by atoms with Crippen molar-refractivity contribution in [3.63, 3.8) is 0 Å². The topological polar surface area (TPSA) is 71.5 Å². The molecule has 0 spiro atoms. The molecular weight excluding hydrogens is 256 g/mol. The summed E-state index contributed by atoms with van der Waals surface area (Å²) in [5.74, 6) is -0.404. The lowest BCUT2D eigenvalue weighted by Gasteiger charge is -2.25. The highest BCUT2D eigenvalue weighted by Crippen LogP contribution is 2.26. The van der Waals surface area contributed by atoms with Crippen LogP contribution in [0.5, 0.6) is 0 Å². The SMILES string of the molecule is O=C(O)c1cc2c(nc1NC1CCCOC1)CCCC2. The maximum Gasteiger partial charge on any atom is 0.339 e. The number of hydrogen-bond acceptors (Lipinski definition) is 4. The average molecular weight is 276 g/mol. The highest BCUT2D eigenvalue weighted by atomic mass is 16.5. The number of rotatable bonds is 3. The zero-order valence-corrected chi connectivity index (χ0v) is 11.5. The molecule has 1 fully saturated rings. The van der Waals surface area contributed by atoms with Gasteiger partial charge in [0.25, 0.3) is 0 Å². The molecular formula is C15H20N2O3. The molecule has 5 nitrogen and oxygen atoms in total. The van der Waals surface area contributed by atoms with Crippen LogP contribution in [0.1, 0.15) is 47.3 Å². The monoisotopic (exact) mass is 276 g/mol. The molecule has 108 valence electrons. The molecule has 0 radical (unpaired) electrons. The molecule has 1 aliphatic carbocycles. The van der Waals surface area contributed by atoms with E-state index in [1.807, 2.05) is 0 Å². The Morgan fingerprint density at radius 1 is 1.35 bits per heavy atom. The van der Waals surface area contributed by atoms with Gasteiger partial charge in [-0.3, -0.25) is 0 Å². The molecule has 1 aromatic rings. The quantitative estimate of drug-likeness (QED) is 0.886. The van der Waals surface area contributed by atoms with E-state index in [-0.39, 0.29) is 11.6 Å². The number of ether oxygens (including phenoxy) is 1. The van der Waals surface area contributed by atoms with Crippen LogP contribution in [0.4, 0.5) is 5.82 Å². The van der Waals surface area contributed by atoms with Crippen LogP contribution in [0.2, 0.25) is 0 Å². The van der Waals surface area contributed by atoms with E-state index < -0.39 is 5.97 Å². The smallest absolute Gasteiger partial charge is 0.339 e. The Bertz CT molecular complexity index is 510. The summed E-state index contributed by atoms with van der Waals surface area (Å²) in [4.78, 5) is 16.0. The molecule has 3 rings (SSSR count). The van der Waals surface area contributed by atoms with E-state index in [9.17, 15) is 9.90 Å². The standard InChI is InChI=1S/C15H20N2O3/c18-15(19)12-8-10-4-1-2-6-13(10)17-14(12)16-11-5-3-7-20-9-11/h8,11H,1-7,9H2,(H,16,17)(H,18,19). The van der Waals surface area contributed by atoms with Crippen molar-refractivity contribution in [2.24, 2.45) is 0 Å². The van der Waals surface area contributed by atoms with Gasteiger partial charge in [-0.1, -0.05) is 0 Å². The first-order valence-corrected chi connectivity index (χ1v) is 7.34. The Morgan fingerprint density at radius 2 is 2.20 bits per heavy atom. The first kappa shape index (κ1) is 13.4. The molecule has 2 heterocycles. The Hall–Kier alpha value is -1.62. The van der Waals surface area contributed by atoms with Crippen LogP contribution in [0.3, 0.4) is 0 Å². The van der Waals surface area contributed by atoms with E-state index in [2.05, 4.69) is 10.3 Å². The summed E-state index contributed by atoms with van der Waals surface area (Å²) < 4.78 is 5.43. The highest BCUT2D eigenvalue weighted by Gasteiger charge is 2.21. The number of carboxylic acids is 1. The van der Waals surface area contributed by atoms with Gasteiger partial charge in [-0.25, -0.2) is 9.78 Å². The third kappa shape index (κ3) is 2.77. The molecule has 1 aromatic heterocycles. The Morgan fingerprint density at radius 3 is 2.95 bits per heavy atom. The van der Waals surface area contributed by atoms with Crippen LogP contribution in [0, 0.1) is 0 Å². The predicted octanol–water partition coefficient (Wildman–Crippen LogP) is 2.25. The molecule has 1 atom stereocenters. The molecule has 1 saturated heterocycles. The normalized spacial score (nSPS) is 22.1. The van der Waals surface area contributed by atoms with Crippen LogP contribution in [0.25, 0.3) is 0 Å². The van der Waals surface area contributed by atoms with Gasteiger partial charge in [0.15, 0.2) is 0 Å². The van der Waals surface area contributed by atoms with E-state index in [4.69, 9.17) is 4.74 Å². The molecule has 2 aliphatic rings. The molecule has 1 unspecified atom stereocenters. The number of carbonyl (C=O) groups is 1. The number of fused-ring (bicyclic) bond motifs is 1. The van der Waals surface area contributed by atoms with Crippen molar-refractivity contribution in [2.45, 2.75) is 44.6 Å². The van der Waals surface area contributed by atoms with Crippen molar-refractivity contribution in [1.82, 2.24) is 4.98 Å². The number of aromatic nitrogens is 1. The van der Waals surface area contributed by atoms with Crippen LogP contribution in [-0.2, 0) is 17.6 Å². The summed E-state index contributed by atoms with van der Waals surface area (Å²) in [7, 11) is 0. The summed E-state index contributed by atoms with van der Waals surface area (Å²) in [5, 5.41) is 12.6. The van der Waals surface area contributed by atoms with Gasteiger partial charge in [0.2, 0.25) is 0 Å². The van der Waals surface area contributed by atoms with Gasteiger partial charge < -0.3 is 15.2 Å². The Balaban J connectivity index is 1.88. The predicted molar refractivity (Wildman–Crippen MR) is 75.3 cm³/mol. The van der Waals surface area contributed by atoms with Gasteiger partial charge in [-0.05, 0) is 50.2 Å². The molecule has 0 saturated carbocycles. The van der Waals surface area contributed by atoms with Crippen molar-refractivity contribution in [2.75, 3.05) is 18.5 Å². The Labute approximate surface area is 118 Å². The zero-order valence-electron chi connectivity index (χ0n) is 11.5. The largest absolute Gasteiger partial charge is 0.478 e. The van der Waals surface area contributed by atoms with Gasteiger partial charge in [0.1, 0.15) is 11.4 Å². The molecule has 20 heavy (non-hydrogen) atoms. The molecule has 0 bridgehead atoms. The second-order valence-corrected chi connectivity index (χ2v) is 5.56. The fourth-order valence-electron chi connectivity index (χ4n) is 2.95. The Kier molecular flexibility index (Phi) is 3.87. The van der Waals surface area contributed by atoms with Gasteiger partial charge in [-0.2, -0.15) is 0 Å². The van der Waals surface area contributed by atoms with E-state index in [0.29, 0.717) is 12.4 Å². The van der Waals surface area contributed by atoms with E-state index in [1.165, 1.54) is 0 Å². The number of aryl methyl sites for hydroxylation is 2. The lowest BCUT2D eigenvalue weighted by atomic mass is 9.94. The fourth-order valence-corrected chi connectivity index (χ4v) is 2.95. The number of aromatic carboxylic acids is 1. The highest BCUT2D eigenvalue weighted by molar-refractivity contribution is 5.93. The van der Waals surface area contributed by atoms with Crippen molar-refractivity contribution < 1.29 is 14.6 Å². The lowest BCUT2D eigenvalue weighted by molar-refractivity contribution is 0.0696. The number of nitrogens with one attached hydrogen (secondary N) is 1. The zero-order chi connectivity index (χ0) is 13.9.